The third-order valence-corrected chi connectivity index (χ3v) is 4.34. The normalized spacial score (nSPS) is 11.0. The molecule has 0 atom stereocenters. The van der Waals surface area contributed by atoms with Crippen molar-refractivity contribution in [3.05, 3.63) is 65.0 Å². The van der Waals surface area contributed by atoms with Gasteiger partial charge in [-0.2, -0.15) is 5.10 Å². The number of benzene rings is 2. The van der Waals surface area contributed by atoms with Gasteiger partial charge in [-0.15, -0.1) is 11.3 Å². The Morgan fingerprint density at radius 1 is 1.16 bits per heavy atom. The summed E-state index contributed by atoms with van der Waals surface area (Å²) in [6.07, 6.45) is 2.74. The smallest absolute Gasteiger partial charge is 0.203 e. The van der Waals surface area contributed by atoms with Crippen LogP contribution in [0.1, 0.15) is 24.5 Å². The van der Waals surface area contributed by atoms with Crippen molar-refractivity contribution < 1.29 is 4.74 Å². The lowest BCUT2D eigenvalue weighted by Gasteiger charge is -2.07. The van der Waals surface area contributed by atoms with Gasteiger partial charge in [0.25, 0.3) is 0 Å². The molecule has 0 amide bonds. The zero-order chi connectivity index (χ0) is 17.5. The lowest BCUT2D eigenvalue weighted by Crippen LogP contribution is -1.99. The number of nitrogens with zero attached hydrogens (tertiary/aromatic N) is 2. The fraction of sp³-hybridized carbons (Fsp3) is 0.200. The van der Waals surface area contributed by atoms with E-state index in [-0.39, 0.29) is 0 Å². The van der Waals surface area contributed by atoms with Gasteiger partial charge in [0.15, 0.2) is 0 Å². The van der Waals surface area contributed by atoms with Crippen molar-refractivity contribution in [3.8, 4) is 17.0 Å². The molecule has 0 aliphatic heterocycles. The van der Waals surface area contributed by atoms with E-state index >= 15 is 0 Å². The first kappa shape index (κ1) is 17.2. The van der Waals surface area contributed by atoms with E-state index < -0.39 is 0 Å². The molecule has 1 N–H and O–H groups in total. The van der Waals surface area contributed by atoms with E-state index in [2.05, 4.69) is 53.6 Å². The molecule has 1 aromatic heterocycles. The fourth-order valence-corrected chi connectivity index (χ4v) is 2.94. The summed E-state index contributed by atoms with van der Waals surface area (Å²) in [5.74, 6) is 0.842. The van der Waals surface area contributed by atoms with Crippen LogP contribution >= 0.6 is 11.3 Å². The standard InChI is InChI=1S/C20H21N3OS/c1-3-12-24-19-7-5-4-6-17(19)13-21-23-20-22-18(14-25-20)16-10-8-15(2)9-11-16/h4-11,13-14H,3,12H2,1-2H3,(H,22,23)/b21-13-. The first-order valence-corrected chi connectivity index (χ1v) is 9.17. The van der Waals surface area contributed by atoms with Gasteiger partial charge in [0.2, 0.25) is 5.13 Å². The highest BCUT2D eigenvalue weighted by Gasteiger charge is 2.04. The van der Waals surface area contributed by atoms with Crippen LogP contribution in [0.5, 0.6) is 5.75 Å². The number of rotatable bonds is 7. The van der Waals surface area contributed by atoms with Crippen LogP contribution in [0, 0.1) is 6.92 Å². The lowest BCUT2D eigenvalue weighted by atomic mass is 10.1. The number of anilines is 1. The number of aryl methyl sites for hydroxylation is 1. The first-order chi connectivity index (χ1) is 12.3. The second kappa shape index (κ2) is 8.44. The van der Waals surface area contributed by atoms with Crippen molar-refractivity contribution in [2.24, 2.45) is 5.10 Å². The molecule has 5 heteroatoms. The molecule has 3 rings (SSSR count). The molecule has 0 saturated heterocycles. The van der Waals surface area contributed by atoms with E-state index in [0.29, 0.717) is 6.61 Å². The maximum atomic E-state index is 5.73. The van der Waals surface area contributed by atoms with Gasteiger partial charge in [-0.25, -0.2) is 4.98 Å². The maximum Gasteiger partial charge on any atom is 0.203 e. The van der Waals surface area contributed by atoms with Crippen LogP contribution in [0.25, 0.3) is 11.3 Å². The van der Waals surface area contributed by atoms with E-state index in [1.54, 1.807) is 6.21 Å². The molecule has 0 aliphatic carbocycles. The first-order valence-electron chi connectivity index (χ1n) is 8.29. The fourth-order valence-electron chi connectivity index (χ4n) is 2.27. The Kier molecular flexibility index (Phi) is 5.80. The second-order valence-corrected chi connectivity index (χ2v) is 6.52. The highest BCUT2D eigenvalue weighted by molar-refractivity contribution is 7.14. The van der Waals surface area contributed by atoms with Crippen molar-refractivity contribution >= 4 is 22.7 Å². The van der Waals surface area contributed by atoms with E-state index in [1.165, 1.54) is 16.9 Å². The molecule has 0 saturated carbocycles. The SMILES string of the molecule is CCCOc1ccccc1/C=N\Nc1nc(-c2ccc(C)cc2)cs1. The molecule has 2 aromatic carbocycles. The molecular formula is C20H21N3OS. The Morgan fingerprint density at radius 3 is 2.76 bits per heavy atom. The number of aromatic nitrogens is 1. The van der Waals surface area contributed by atoms with Gasteiger partial charge in [-0.05, 0) is 25.5 Å². The maximum absolute atomic E-state index is 5.73. The molecule has 3 aromatic rings. The van der Waals surface area contributed by atoms with Gasteiger partial charge in [-0.3, -0.25) is 5.43 Å². The molecule has 25 heavy (non-hydrogen) atoms. The third kappa shape index (κ3) is 4.67. The third-order valence-electron chi connectivity index (χ3n) is 3.60. The quantitative estimate of drug-likeness (QED) is 0.461. The lowest BCUT2D eigenvalue weighted by molar-refractivity contribution is 0.317. The molecule has 128 valence electrons. The van der Waals surface area contributed by atoms with Crippen LogP contribution in [0.15, 0.2) is 59.0 Å². The molecule has 0 spiro atoms. The largest absolute Gasteiger partial charge is 0.493 e. The van der Waals surface area contributed by atoms with E-state index in [4.69, 9.17) is 4.74 Å². The summed E-state index contributed by atoms with van der Waals surface area (Å²) in [6.45, 7) is 4.87. The van der Waals surface area contributed by atoms with Crippen molar-refractivity contribution in [3.63, 3.8) is 0 Å². The Bertz CT molecular complexity index is 840. The Hall–Kier alpha value is -2.66. The number of hydrogen-bond acceptors (Lipinski definition) is 5. The van der Waals surface area contributed by atoms with E-state index in [0.717, 1.165) is 34.1 Å². The number of ether oxygens (including phenoxy) is 1. The summed E-state index contributed by atoms with van der Waals surface area (Å²) >= 11 is 1.53. The minimum absolute atomic E-state index is 0.699. The monoisotopic (exact) mass is 351 g/mol. The van der Waals surface area contributed by atoms with Crippen LogP contribution in [-0.2, 0) is 0 Å². The van der Waals surface area contributed by atoms with Gasteiger partial charge >= 0.3 is 0 Å². The average Bonchev–Trinajstić information content (AvgIpc) is 3.10. The summed E-state index contributed by atoms with van der Waals surface area (Å²) < 4.78 is 5.73. The van der Waals surface area contributed by atoms with Crippen LogP contribution < -0.4 is 10.2 Å². The van der Waals surface area contributed by atoms with Gasteiger partial charge in [0, 0.05) is 16.5 Å². The molecule has 0 aliphatic rings. The van der Waals surface area contributed by atoms with Crippen molar-refractivity contribution in [1.82, 2.24) is 4.98 Å². The predicted molar refractivity (Wildman–Crippen MR) is 106 cm³/mol. The highest BCUT2D eigenvalue weighted by Crippen LogP contribution is 2.25. The van der Waals surface area contributed by atoms with Gasteiger partial charge < -0.3 is 4.74 Å². The van der Waals surface area contributed by atoms with Crippen LogP contribution in [0.3, 0.4) is 0 Å². The molecule has 1 heterocycles. The van der Waals surface area contributed by atoms with Crippen molar-refractivity contribution in [2.45, 2.75) is 20.3 Å². The minimum Gasteiger partial charge on any atom is -0.493 e. The molecule has 4 nitrogen and oxygen atoms in total. The number of para-hydroxylation sites is 1. The van der Waals surface area contributed by atoms with Gasteiger partial charge in [0.1, 0.15) is 5.75 Å². The average molecular weight is 351 g/mol. The molecule has 0 radical (unpaired) electrons. The van der Waals surface area contributed by atoms with Crippen molar-refractivity contribution in [1.29, 1.82) is 0 Å². The molecule has 0 fully saturated rings. The Balaban J connectivity index is 1.66. The summed E-state index contributed by atoms with van der Waals surface area (Å²) in [5.41, 5.74) is 7.25. The van der Waals surface area contributed by atoms with Gasteiger partial charge in [0.05, 0.1) is 18.5 Å². The number of hydrazone groups is 1. The minimum atomic E-state index is 0.699. The number of thiazole rings is 1. The van der Waals surface area contributed by atoms with Crippen LogP contribution in [0.4, 0.5) is 5.13 Å². The Morgan fingerprint density at radius 2 is 1.96 bits per heavy atom. The topological polar surface area (TPSA) is 46.5 Å². The molecule has 0 unspecified atom stereocenters. The summed E-state index contributed by atoms with van der Waals surface area (Å²) in [7, 11) is 0. The Labute approximate surface area is 152 Å². The van der Waals surface area contributed by atoms with E-state index in [1.807, 2.05) is 29.6 Å². The molecule has 0 bridgehead atoms. The molecular weight excluding hydrogens is 330 g/mol. The summed E-state index contributed by atoms with van der Waals surface area (Å²) in [5, 5.41) is 7.09. The van der Waals surface area contributed by atoms with Crippen LogP contribution in [0.2, 0.25) is 0 Å². The summed E-state index contributed by atoms with van der Waals surface area (Å²) in [4.78, 5) is 4.58. The zero-order valence-electron chi connectivity index (χ0n) is 14.4. The second-order valence-electron chi connectivity index (χ2n) is 5.66. The predicted octanol–water partition coefficient (Wildman–Crippen LogP) is 5.35. The zero-order valence-corrected chi connectivity index (χ0v) is 15.2. The number of hydrogen-bond donors (Lipinski definition) is 1. The van der Waals surface area contributed by atoms with Crippen molar-refractivity contribution in [2.75, 3.05) is 12.0 Å². The van der Waals surface area contributed by atoms with E-state index in [9.17, 15) is 0 Å². The highest BCUT2D eigenvalue weighted by atomic mass is 32.1. The number of nitrogens with one attached hydrogen (secondary N) is 1. The van der Waals surface area contributed by atoms with Gasteiger partial charge in [-0.1, -0.05) is 48.9 Å². The summed E-state index contributed by atoms with van der Waals surface area (Å²) in [6, 6.07) is 16.2. The van der Waals surface area contributed by atoms with Crippen LogP contribution in [-0.4, -0.2) is 17.8 Å².